The van der Waals surface area contributed by atoms with Crippen molar-refractivity contribution in [3.63, 3.8) is 0 Å². The molecule has 0 saturated carbocycles. The Hall–Kier alpha value is -2.16. The van der Waals surface area contributed by atoms with Gasteiger partial charge in [0.25, 0.3) is 11.2 Å². The standard InChI is InChI=1S/C7H6O9/c8-2(9)6(3(10)11)1-7(16-6,4(12)13)5(14)15/h1H2,(H,8,9)(H,10,11)(H,12,13)(H,14,15). The van der Waals surface area contributed by atoms with Gasteiger partial charge in [-0.15, -0.1) is 0 Å². The molecule has 1 aliphatic heterocycles. The van der Waals surface area contributed by atoms with Crippen molar-refractivity contribution in [2.75, 3.05) is 0 Å². The SMILES string of the molecule is O=C(O)C1(C(=O)O)CC(C(=O)O)(C(=O)O)O1. The number of carbonyl (C=O) groups is 4. The summed E-state index contributed by atoms with van der Waals surface area (Å²) in [5, 5.41) is 34.2. The normalized spacial score (nSPS) is 20.5. The van der Waals surface area contributed by atoms with E-state index in [1.54, 1.807) is 0 Å². The first kappa shape index (κ1) is 11.9. The molecule has 88 valence electrons. The second kappa shape index (κ2) is 3.17. The van der Waals surface area contributed by atoms with Crippen LogP contribution in [0.25, 0.3) is 0 Å². The van der Waals surface area contributed by atoms with Crippen molar-refractivity contribution in [1.29, 1.82) is 0 Å². The first-order valence-electron chi connectivity index (χ1n) is 3.83. The van der Waals surface area contributed by atoms with Crippen molar-refractivity contribution in [2.24, 2.45) is 0 Å². The molecule has 0 atom stereocenters. The van der Waals surface area contributed by atoms with Crippen LogP contribution in [0.2, 0.25) is 0 Å². The molecule has 0 unspecified atom stereocenters. The first-order chi connectivity index (χ1) is 7.19. The fraction of sp³-hybridized carbons (Fsp3) is 0.429. The summed E-state index contributed by atoms with van der Waals surface area (Å²) in [7, 11) is 0. The molecule has 0 aromatic heterocycles. The summed E-state index contributed by atoms with van der Waals surface area (Å²) >= 11 is 0. The van der Waals surface area contributed by atoms with E-state index < -0.39 is 41.5 Å². The molecular weight excluding hydrogens is 228 g/mol. The highest BCUT2D eigenvalue weighted by Crippen LogP contribution is 2.42. The van der Waals surface area contributed by atoms with Crippen molar-refractivity contribution in [2.45, 2.75) is 17.6 Å². The van der Waals surface area contributed by atoms with Gasteiger partial charge in [-0.2, -0.15) is 0 Å². The lowest BCUT2D eigenvalue weighted by atomic mass is 9.79. The topological polar surface area (TPSA) is 158 Å². The molecule has 1 heterocycles. The van der Waals surface area contributed by atoms with E-state index in [9.17, 15) is 19.2 Å². The van der Waals surface area contributed by atoms with Crippen molar-refractivity contribution in [1.82, 2.24) is 0 Å². The molecule has 0 radical (unpaired) electrons. The molecule has 4 N–H and O–H groups in total. The number of carboxylic acids is 4. The zero-order valence-corrected chi connectivity index (χ0v) is 7.54. The number of ether oxygens (including phenoxy) is 1. The third-order valence-electron chi connectivity index (χ3n) is 2.23. The zero-order chi connectivity index (χ0) is 12.7. The predicted octanol–water partition coefficient (Wildman–Crippen LogP) is -1.78. The van der Waals surface area contributed by atoms with Crippen LogP contribution in [0.3, 0.4) is 0 Å². The largest absolute Gasteiger partial charge is 0.479 e. The van der Waals surface area contributed by atoms with Gasteiger partial charge in [0.1, 0.15) is 0 Å². The molecule has 0 aromatic rings. The molecular formula is C7H6O9. The predicted molar refractivity (Wildman–Crippen MR) is 41.7 cm³/mol. The van der Waals surface area contributed by atoms with E-state index in [-0.39, 0.29) is 0 Å². The van der Waals surface area contributed by atoms with Crippen molar-refractivity contribution in [3.8, 4) is 0 Å². The number of hydrogen-bond donors (Lipinski definition) is 4. The molecule has 1 aliphatic rings. The van der Waals surface area contributed by atoms with Crippen LogP contribution in [0, 0.1) is 0 Å². The smallest absolute Gasteiger partial charge is 0.348 e. The van der Waals surface area contributed by atoms with Gasteiger partial charge in [-0.05, 0) is 0 Å². The summed E-state index contributed by atoms with van der Waals surface area (Å²) in [4.78, 5) is 42.3. The van der Waals surface area contributed by atoms with Crippen LogP contribution in [0.15, 0.2) is 0 Å². The van der Waals surface area contributed by atoms with E-state index in [1.807, 2.05) is 0 Å². The van der Waals surface area contributed by atoms with Crippen LogP contribution in [0.1, 0.15) is 6.42 Å². The Morgan fingerprint density at radius 1 is 0.750 bits per heavy atom. The van der Waals surface area contributed by atoms with Gasteiger partial charge in [0, 0.05) is 6.42 Å². The molecule has 1 saturated heterocycles. The number of hydrogen-bond acceptors (Lipinski definition) is 5. The van der Waals surface area contributed by atoms with E-state index in [0.29, 0.717) is 0 Å². The summed E-state index contributed by atoms with van der Waals surface area (Å²) < 4.78 is 4.16. The maximum absolute atomic E-state index is 10.6. The van der Waals surface area contributed by atoms with Crippen LogP contribution in [-0.2, 0) is 23.9 Å². The lowest BCUT2D eigenvalue weighted by Crippen LogP contribution is -2.73. The van der Waals surface area contributed by atoms with Gasteiger partial charge in [-0.1, -0.05) is 0 Å². The number of carboxylic acid groups (broad SMARTS) is 4. The Morgan fingerprint density at radius 2 is 0.938 bits per heavy atom. The van der Waals surface area contributed by atoms with Gasteiger partial charge < -0.3 is 25.2 Å². The quantitative estimate of drug-likeness (QED) is 0.412. The summed E-state index contributed by atoms with van der Waals surface area (Å²) in [5.41, 5.74) is -5.62. The molecule has 16 heavy (non-hydrogen) atoms. The average molecular weight is 234 g/mol. The highest BCUT2D eigenvalue weighted by atomic mass is 16.6. The molecule has 0 bridgehead atoms. The fourth-order valence-corrected chi connectivity index (χ4v) is 1.30. The van der Waals surface area contributed by atoms with Gasteiger partial charge in [0.2, 0.25) is 0 Å². The van der Waals surface area contributed by atoms with Gasteiger partial charge >= 0.3 is 23.9 Å². The van der Waals surface area contributed by atoms with Gasteiger partial charge in [-0.3, -0.25) is 0 Å². The summed E-state index contributed by atoms with van der Waals surface area (Å²) in [6.07, 6.45) is -1.17. The molecule has 0 spiro atoms. The maximum atomic E-state index is 10.6. The Bertz CT molecular complexity index is 321. The van der Waals surface area contributed by atoms with Crippen LogP contribution in [-0.4, -0.2) is 55.5 Å². The molecule has 0 aromatic carbocycles. The Labute approximate surface area is 86.9 Å². The molecule has 9 heteroatoms. The summed E-state index contributed by atoms with van der Waals surface area (Å²) in [6.45, 7) is 0. The Kier molecular flexibility index (Phi) is 2.36. The van der Waals surface area contributed by atoms with Gasteiger partial charge in [0.05, 0.1) is 0 Å². The highest BCUT2D eigenvalue weighted by Gasteiger charge is 2.73. The van der Waals surface area contributed by atoms with Crippen molar-refractivity contribution in [3.05, 3.63) is 0 Å². The first-order valence-corrected chi connectivity index (χ1v) is 3.83. The second-order valence-corrected chi connectivity index (χ2v) is 3.15. The lowest BCUT2D eigenvalue weighted by Gasteiger charge is -2.45. The highest BCUT2D eigenvalue weighted by molar-refractivity contribution is 6.11. The number of aliphatic carboxylic acids is 4. The monoisotopic (exact) mass is 234 g/mol. The third kappa shape index (κ3) is 1.21. The molecule has 9 nitrogen and oxygen atoms in total. The molecule has 0 aliphatic carbocycles. The Morgan fingerprint density at radius 3 is 1.06 bits per heavy atom. The van der Waals surface area contributed by atoms with Crippen LogP contribution >= 0.6 is 0 Å². The molecule has 1 rings (SSSR count). The van der Waals surface area contributed by atoms with Crippen LogP contribution in [0.5, 0.6) is 0 Å². The van der Waals surface area contributed by atoms with E-state index in [2.05, 4.69) is 4.74 Å². The minimum Gasteiger partial charge on any atom is -0.479 e. The molecule has 0 amide bonds. The van der Waals surface area contributed by atoms with Crippen molar-refractivity contribution >= 4 is 23.9 Å². The second-order valence-electron chi connectivity index (χ2n) is 3.15. The van der Waals surface area contributed by atoms with Gasteiger partial charge in [0.15, 0.2) is 0 Å². The minimum atomic E-state index is -2.81. The zero-order valence-electron chi connectivity index (χ0n) is 7.54. The molecule has 1 fully saturated rings. The lowest BCUT2D eigenvalue weighted by molar-refractivity contribution is -0.267. The van der Waals surface area contributed by atoms with Crippen LogP contribution in [0.4, 0.5) is 0 Å². The third-order valence-corrected chi connectivity index (χ3v) is 2.23. The summed E-state index contributed by atoms with van der Waals surface area (Å²) in [6, 6.07) is 0. The van der Waals surface area contributed by atoms with E-state index in [0.717, 1.165) is 0 Å². The van der Waals surface area contributed by atoms with Crippen LogP contribution < -0.4 is 0 Å². The van der Waals surface area contributed by atoms with E-state index in [4.69, 9.17) is 20.4 Å². The Balaban J connectivity index is 3.08. The fourth-order valence-electron chi connectivity index (χ4n) is 1.30. The van der Waals surface area contributed by atoms with E-state index >= 15 is 0 Å². The van der Waals surface area contributed by atoms with E-state index in [1.165, 1.54) is 0 Å². The number of rotatable bonds is 4. The van der Waals surface area contributed by atoms with Crippen molar-refractivity contribution < 1.29 is 44.3 Å². The average Bonchev–Trinajstić information content (AvgIpc) is 1.98. The maximum Gasteiger partial charge on any atom is 0.348 e. The minimum absolute atomic E-state index is 1.17. The summed E-state index contributed by atoms with van der Waals surface area (Å²) in [5.74, 6) is -7.78. The van der Waals surface area contributed by atoms with Gasteiger partial charge in [-0.25, -0.2) is 19.2 Å².